The molecule has 2 rings (SSSR count). The predicted octanol–water partition coefficient (Wildman–Crippen LogP) is 2.12. The Bertz CT molecular complexity index is 565. The first-order valence-corrected chi connectivity index (χ1v) is 6.73. The lowest BCUT2D eigenvalue weighted by molar-refractivity contribution is 0.919. The number of aryl methyl sites for hydroxylation is 1. The van der Waals surface area contributed by atoms with Crippen LogP contribution in [0.1, 0.15) is 16.3 Å². The minimum Gasteiger partial charge on any atom is -0.388 e. The summed E-state index contributed by atoms with van der Waals surface area (Å²) in [6.45, 7) is 2.79. The van der Waals surface area contributed by atoms with Crippen LogP contribution in [0.15, 0.2) is 23.8 Å². The summed E-state index contributed by atoms with van der Waals surface area (Å²) in [6, 6.07) is 3.85. The maximum atomic E-state index is 5.69. The summed E-state index contributed by atoms with van der Waals surface area (Å²) in [6.07, 6.45) is 1.70. The number of nitrogens with zero attached hydrogens (tertiary/aromatic N) is 3. The second-order valence-electron chi connectivity index (χ2n) is 3.95. The van der Waals surface area contributed by atoms with Gasteiger partial charge in [0.1, 0.15) is 10.7 Å². The molecule has 0 unspecified atom stereocenters. The maximum absolute atomic E-state index is 5.69. The van der Waals surface area contributed by atoms with Crippen LogP contribution in [-0.4, -0.2) is 22.0 Å². The highest BCUT2D eigenvalue weighted by molar-refractivity contribution is 7.80. The van der Waals surface area contributed by atoms with Crippen LogP contribution < -0.4 is 10.6 Å². The average molecular weight is 278 g/mol. The van der Waals surface area contributed by atoms with Gasteiger partial charge >= 0.3 is 0 Å². The molecule has 18 heavy (non-hydrogen) atoms. The number of thiocarbonyl (C=S) groups is 1. The van der Waals surface area contributed by atoms with Gasteiger partial charge in [-0.15, -0.1) is 11.3 Å². The monoisotopic (exact) mass is 278 g/mol. The van der Waals surface area contributed by atoms with Crippen molar-refractivity contribution in [1.82, 2.24) is 9.97 Å². The second kappa shape index (κ2) is 5.41. The molecule has 0 saturated heterocycles. The highest BCUT2D eigenvalue weighted by Gasteiger charge is 2.12. The van der Waals surface area contributed by atoms with E-state index >= 15 is 0 Å². The first kappa shape index (κ1) is 12.9. The van der Waals surface area contributed by atoms with Gasteiger partial charge in [-0.05, 0) is 19.1 Å². The Morgan fingerprint density at radius 2 is 2.28 bits per heavy atom. The number of hydrogen-bond donors (Lipinski definition) is 1. The van der Waals surface area contributed by atoms with Crippen molar-refractivity contribution in [2.75, 3.05) is 11.9 Å². The Hall–Kier alpha value is -1.53. The van der Waals surface area contributed by atoms with Crippen molar-refractivity contribution < 1.29 is 0 Å². The summed E-state index contributed by atoms with van der Waals surface area (Å²) in [5, 5.41) is 0. The highest BCUT2D eigenvalue weighted by atomic mass is 32.1. The van der Waals surface area contributed by atoms with E-state index in [4.69, 9.17) is 18.0 Å². The van der Waals surface area contributed by atoms with E-state index in [0.717, 1.165) is 17.9 Å². The summed E-state index contributed by atoms with van der Waals surface area (Å²) in [5.41, 5.74) is 10.2. The summed E-state index contributed by atoms with van der Waals surface area (Å²) >= 11 is 6.67. The van der Waals surface area contributed by atoms with Gasteiger partial charge in [0.2, 0.25) is 0 Å². The fraction of sp³-hybridized carbons (Fsp3) is 0.250. The molecule has 2 aromatic heterocycles. The van der Waals surface area contributed by atoms with Gasteiger partial charge in [0.15, 0.2) is 0 Å². The van der Waals surface area contributed by atoms with Crippen molar-refractivity contribution in [3.8, 4) is 0 Å². The van der Waals surface area contributed by atoms with Crippen LogP contribution in [0.3, 0.4) is 0 Å². The van der Waals surface area contributed by atoms with Crippen molar-refractivity contribution in [2.45, 2.75) is 13.5 Å². The van der Waals surface area contributed by atoms with Crippen molar-refractivity contribution in [2.24, 2.45) is 5.73 Å². The molecule has 2 N–H and O–H groups in total. The SMILES string of the molecule is Cc1ncsc1CN(C)c1cccnc1C(N)=S. The molecule has 0 bridgehead atoms. The van der Waals surface area contributed by atoms with Crippen molar-refractivity contribution in [3.63, 3.8) is 0 Å². The first-order chi connectivity index (χ1) is 8.59. The third kappa shape index (κ3) is 2.65. The van der Waals surface area contributed by atoms with E-state index in [0.29, 0.717) is 10.7 Å². The normalized spacial score (nSPS) is 10.3. The van der Waals surface area contributed by atoms with Gasteiger partial charge in [-0.3, -0.25) is 4.98 Å². The zero-order valence-corrected chi connectivity index (χ0v) is 11.9. The molecule has 0 amide bonds. The molecule has 0 fully saturated rings. The minimum absolute atomic E-state index is 0.318. The van der Waals surface area contributed by atoms with Gasteiger partial charge in [-0.1, -0.05) is 12.2 Å². The van der Waals surface area contributed by atoms with Gasteiger partial charge in [0.05, 0.1) is 23.4 Å². The number of anilines is 1. The maximum Gasteiger partial charge on any atom is 0.124 e. The number of nitrogens with two attached hydrogens (primary N) is 1. The van der Waals surface area contributed by atoms with Gasteiger partial charge in [-0.2, -0.15) is 0 Å². The van der Waals surface area contributed by atoms with Crippen LogP contribution in [-0.2, 0) is 6.54 Å². The molecule has 2 aromatic rings. The van der Waals surface area contributed by atoms with Crippen LogP contribution in [0.5, 0.6) is 0 Å². The van der Waals surface area contributed by atoms with Gasteiger partial charge in [-0.25, -0.2) is 4.98 Å². The zero-order valence-electron chi connectivity index (χ0n) is 10.3. The van der Waals surface area contributed by atoms with Gasteiger partial charge in [0.25, 0.3) is 0 Å². The molecule has 4 nitrogen and oxygen atoms in total. The first-order valence-electron chi connectivity index (χ1n) is 5.44. The molecule has 0 aliphatic carbocycles. The lowest BCUT2D eigenvalue weighted by Crippen LogP contribution is -2.22. The van der Waals surface area contributed by atoms with Crippen LogP contribution >= 0.6 is 23.6 Å². The predicted molar refractivity (Wildman–Crippen MR) is 79.1 cm³/mol. The Balaban J connectivity index is 2.26. The molecule has 0 aliphatic rings. The Labute approximate surface area is 115 Å². The molecule has 2 heterocycles. The van der Waals surface area contributed by atoms with E-state index in [9.17, 15) is 0 Å². The van der Waals surface area contributed by atoms with E-state index in [1.165, 1.54) is 4.88 Å². The quantitative estimate of drug-likeness (QED) is 0.868. The fourth-order valence-electron chi connectivity index (χ4n) is 1.67. The van der Waals surface area contributed by atoms with E-state index in [-0.39, 0.29) is 0 Å². The smallest absolute Gasteiger partial charge is 0.124 e. The highest BCUT2D eigenvalue weighted by Crippen LogP contribution is 2.21. The Kier molecular flexibility index (Phi) is 3.88. The Morgan fingerprint density at radius 1 is 1.50 bits per heavy atom. The molecule has 0 aromatic carbocycles. The third-order valence-electron chi connectivity index (χ3n) is 2.66. The van der Waals surface area contributed by atoms with Crippen molar-refractivity contribution in [1.29, 1.82) is 0 Å². The Morgan fingerprint density at radius 3 is 2.89 bits per heavy atom. The standard InChI is InChI=1S/C12H14N4S2/c1-8-10(18-7-15-8)6-16(2)9-4-3-5-14-11(9)12(13)17/h3-5,7H,6H2,1-2H3,(H2,13,17). The van der Waals surface area contributed by atoms with E-state index in [2.05, 4.69) is 14.9 Å². The number of thiazole rings is 1. The number of rotatable bonds is 4. The van der Waals surface area contributed by atoms with Crippen LogP contribution in [0.4, 0.5) is 5.69 Å². The topological polar surface area (TPSA) is 55.0 Å². The van der Waals surface area contributed by atoms with E-state index in [1.54, 1.807) is 17.5 Å². The second-order valence-corrected chi connectivity index (χ2v) is 5.33. The third-order valence-corrected chi connectivity index (χ3v) is 3.77. The molecule has 0 atom stereocenters. The van der Waals surface area contributed by atoms with E-state index in [1.807, 2.05) is 31.6 Å². The van der Waals surface area contributed by atoms with E-state index < -0.39 is 0 Å². The van der Waals surface area contributed by atoms with Crippen molar-refractivity contribution >= 4 is 34.2 Å². The van der Waals surface area contributed by atoms with Gasteiger partial charge < -0.3 is 10.6 Å². The molecule has 94 valence electrons. The lowest BCUT2D eigenvalue weighted by Gasteiger charge is -2.20. The summed E-state index contributed by atoms with van der Waals surface area (Å²) < 4.78 is 0. The lowest BCUT2D eigenvalue weighted by atomic mass is 10.2. The zero-order chi connectivity index (χ0) is 13.1. The molecular weight excluding hydrogens is 264 g/mol. The molecule has 0 saturated carbocycles. The number of hydrogen-bond acceptors (Lipinski definition) is 5. The molecule has 0 aliphatic heterocycles. The minimum atomic E-state index is 0.318. The summed E-state index contributed by atoms with van der Waals surface area (Å²) in [5.74, 6) is 0. The number of pyridine rings is 1. The molecule has 0 spiro atoms. The van der Waals surface area contributed by atoms with Crippen LogP contribution in [0.2, 0.25) is 0 Å². The van der Waals surface area contributed by atoms with Gasteiger partial charge in [0, 0.05) is 18.1 Å². The van der Waals surface area contributed by atoms with Crippen molar-refractivity contribution in [3.05, 3.63) is 40.1 Å². The number of aromatic nitrogens is 2. The summed E-state index contributed by atoms with van der Waals surface area (Å²) in [7, 11) is 2.00. The van der Waals surface area contributed by atoms with Crippen LogP contribution in [0.25, 0.3) is 0 Å². The molecule has 0 radical (unpaired) electrons. The summed E-state index contributed by atoms with van der Waals surface area (Å²) in [4.78, 5) is 12.1. The van der Waals surface area contributed by atoms with Crippen LogP contribution in [0, 0.1) is 6.92 Å². The largest absolute Gasteiger partial charge is 0.388 e. The fourth-order valence-corrected chi connectivity index (χ4v) is 2.66. The average Bonchev–Trinajstić information content (AvgIpc) is 2.75. The molecule has 6 heteroatoms. The molecular formula is C12H14N4S2.